The number of nitrogens with one attached hydrogen (secondary N) is 1. The van der Waals surface area contributed by atoms with Crippen molar-refractivity contribution < 1.29 is 14.3 Å². The molecule has 0 unspecified atom stereocenters. The molecule has 1 aromatic carbocycles. The highest BCUT2D eigenvalue weighted by molar-refractivity contribution is 5.92. The molecule has 1 aromatic rings. The molecule has 1 amide bonds. The maximum atomic E-state index is 12.6. The van der Waals surface area contributed by atoms with E-state index in [1.54, 1.807) is 20.3 Å². The molecule has 4 aliphatic rings. The van der Waals surface area contributed by atoms with E-state index in [-0.39, 0.29) is 11.9 Å². The third-order valence-electron chi connectivity index (χ3n) is 7.21. The van der Waals surface area contributed by atoms with E-state index in [1.165, 1.54) is 38.5 Å². The summed E-state index contributed by atoms with van der Waals surface area (Å²) in [4.78, 5) is 12.6. The van der Waals surface area contributed by atoms with E-state index in [0.29, 0.717) is 16.9 Å². The monoisotopic (exact) mass is 369 g/mol. The van der Waals surface area contributed by atoms with Crippen LogP contribution in [0.1, 0.15) is 51.0 Å². The third kappa shape index (κ3) is 3.46. The van der Waals surface area contributed by atoms with Crippen LogP contribution in [0.2, 0.25) is 0 Å². The number of hydrogen-bond acceptors (Lipinski definition) is 3. The summed E-state index contributed by atoms with van der Waals surface area (Å²) in [6.45, 7) is 2.21. The van der Waals surface area contributed by atoms with Gasteiger partial charge >= 0.3 is 0 Å². The molecule has 4 fully saturated rings. The second-order valence-corrected chi connectivity index (χ2v) is 8.93. The summed E-state index contributed by atoms with van der Waals surface area (Å²) in [7, 11) is 3.23. The zero-order chi connectivity index (χ0) is 19.0. The molecule has 0 saturated heterocycles. The Balaban J connectivity index is 1.43. The molecular weight excluding hydrogens is 338 g/mol. The molecule has 1 N–H and O–H groups in total. The summed E-state index contributed by atoms with van der Waals surface area (Å²) in [5, 5.41) is 3.28. The average molecular weight is 370 g/mol. The molecule has 0 aromatic heterocycles. The van der Waals surface area contributed by atoms with Crippen molar-refractivity contribution in [1.82, 2.24) is 5.32 Å². The highest BCUT2D eigenvalue weighted by atomic mass is 16.5. The Kier molecular flexibility index (Phi) is 4.92. The van der Waals surface area contributed by atoms with E-state index >= 15 is 0 Å². The number of carbonyl (C=O) groups is 1. The molecule has 4 aliphatic carbocycles. The van der Waals surface area contributed by atoms with Crippen molar-refractivity contribution in [3.8, 4) is 11.5 Å². The van der Waals surface area contributed by atoms with Crippen LogP contribution in [0.4, 0.5) is 0 Å². The maximum absolute atomic E-state index is 12.6. The Morgan fingerprint density at radius 3 is 2.30 bits per heavy atom. The average Bonchev–Trinajstić information content (AvgIpc) is 2.64. The van der Waals surface area contributed by atoms with Crippen LogP contribution in [-0.4, -0.2) is 26.2 Å². The zero-order valence-electron chi connectivity index (χ0n) is 16.7. The molecular formula is C23H31NO3. The van der Waals surface area contributed by atoms with E-state index in [0.717, 1.165) is 23.3 Å². The Bertz CT molecular complexity index is 704. The van der Waals surface area contributed by atoms with Crippen LogP contribution in [0.15, 0.2) is 24.3 Å². The lowest BCUT2D eigenvalue weighted by Crippen LogP contribution is -2.55. The van der Waals surface area contributed by atoms with Crippen LogP contribution in [0.3, 0.4) is 0 Å². The first-order valence-electron chi connectivity index (χ1n) is 10.2. The Morgan fingerprint density at radius 1 is 1.11 bits per heavy atom. The van der Waals surface area contributed by atoms with Gasteiger partial charge in [-0.05, 0) is 80.8 Å². The highest BCUT2D eigenvalue weighted by Crippen LogP contribution is 2.61. The van der Waals surface area contributed by atoms with Gasteiger partial charge in [0.1, 0.15) is 0 Å². The number of hydrogen-bond donors (Lipinski definition) is 1. The molecule has 146 valence electrons. The van der Waals surface area contributed by atoms with Crippen molar-refractivity contribution in [3.63, 3.8) is 0 Å². The predicted octanol–water partition coefficient (Wildman–Crippen LogP) is 4.44. The number of methoxy groups -OCH3 is 2. The van der Waals surface area contributed by atoms with Gasteiger partial charge in [-0.15, -0.1) is 0 Å². The molecule has 4 heteroatoms. The highest BCUT2D eigenvalue weighted by Gasteiger charge is 2.53. The number of ether oxygens (including phenoxy) is 2. The van der Waals surface area contributed by atoms with Crippen molar-refractivity contribution in [1.29, 1.82) is 0 Å². The van der Waals surface area contributed by atoms with Crippen molar-refractivity contribution in [2.45, 2.75) is 51.5 Å². The normalized spacial score (nSPS) is 32.5. The van der Waals surface area contributed by atoms with Crippen molar-refractivity contribution in [3.05, 3.63) is 29.8 Å². The van der Waals surface area contributed by atoms with Crippen molar-refractivity contribution in [2.75, 3.05) is 14.2 Å². The molecule has 4 bridgehead atoms. The molecule has 1 atom stereocenters. The fourth-order valence-corrected chi connectivity index (χ4v) is 6.33. The van der Waals surface area contributed by atoms with E-state index in [4.69, 9.17) is 9.47 Å². The van der Waals surface area contributed by atoms with Crippen LogP contribution in [-0.2, 0) is 4.79 Å². The van der Waals surface area contributed by atoms with Gasteiger partial charge in [-0.2, -0.15) is 0 Å². The van der Waals surface area contributed by atoms with Crippen LogP contribution in [0.5, 0.6) is 11.5 Å². The predicted molar refractivity (Wildman–Crippen MR) is 107 cm³/mol. The summed E-state index contributed by atoms with van der Waals surface area (Å²) in [6, 6.07) is 5.91. The van der Waals surface area contributed by atoms with Crippen LogP contribution >= 0.6 is 0 Å². The van der Waals surface area contributed by atoms with Gasteiger partial charge in [0.15, 0.2) is 11.5 Å². The molecule has 4 nitrogen and oxygen atoms in total. The molecule has 0 radical (unpaired) electrons. The zero-order valence-corrected chi connectivity index (χ0v) is 16.7. The second kappa shape index (κ2) is 7.21. The smallest absolute Gasteiger partial charge is 0.244 e. The maximum Gasteiger partial charge on any atom is 0.244 e. The minimum absolute atomic E-state index is 0.0249. The number of amides is 1. The summed E-state index contributed by atoms with van der Waals surface area (Å²) >= 11 is 0. The minimum Gasteiger partial charge on any atom is -0.493 e. The number of para-hydroxylation sites is 1. The van der Waals surface area contributed by atoms with Gasteiger partial charge in [-0.3, -0.25) is 4.79 Å². The fourth-order valence-electron chi connectivity index (χ4n) is 6.33. The van der Waals surface area contributed by atoms with Gasteiger partial charge in [0, 0.05) is 17.7 Å². The summed E-state index contributed by atoms with van der Waals surface area (Å²) in [5.74, 6) is 3.98. The lowest BCUT2D eigenvalue weighted by Gasteiger charge is -2.59. The second-order valence-electron chi connectivity index (χ2n) is 8.93. The SMILES string of the molecule is COc1cccc(/C=C/C(=O)N[C@H](C)C23CC4CC(CC(C4)C2)C3)c1OC. The summed E-state index contributed by atoms with van der Waals surface area (Å²) in [5.41, 5.74) is 1.17. The summed E-state index contributed by atoms with van der Waals surface area (Å²) < 4.78 is 10.8. The Hall–Kier alpha value is -1.97. The van der Waals surface area contributed by atoms with Gasteiger partial charge in [0.05, 0.1) is 14.2 Å². The van der Waals surface area contributed by atoms with Gasteiger partial charge in [-0.1, -0.05) is 12.1 Å². The largest absolute Gasteiger partial charge is 0.493 e. The van der Waals surface area contributed by atoms with Crippen LogP contribution < -0.4 is 14.8 Å². The number of carbonyl (C=O) groups excluding carboxylic acids is 1. The Morgan fingerprint density at radius 2 is 1.74 bits per heavy atom. The molecule has 0 aliphatic heterocycles. The van der Waals surface area contributed by atoms with Gasteiger partial charge in [0.25, 0.3) is 0 Å². The quantitative estimate of drug-likeness (QED) is 0.754. The third-order valence-corrected chi connectivity index (χ3v) is 7.21. The molecule has 4 saturated carbocycles. The lowest BCUT2D eigenvalue weighted by molar-refractivity contribution is -0.121. The van der Waals surface area contributed by atoms with E-state index in [2.05, 4.69) is 12.2 Å². The molecule has 0 heterocycles. The van der Waals surface area contributed by atoms with E-state index in [1.807, 2.05) is 24.3 Å². The molecule has 0 spiro atoms. The van der Waals surface area contributed by atoms with Crippen LogP contribution in [0, 0.1) is 23.2 Å². The minimum atomic E-state index is -0.0249. The Labute approximate surface area is 162 Å². The van der Waals surface area contributed by atoms with Gasteiger partial charge < -0.3 is 14.8 Å². The first-order chi connectivity index (χ1) is 13.0. The number of benzene rings is 1. The summed E-state index contributed by atoms with van der Waals surface area (Å²) in [6.07, 6.45) is 11.6. The molecule has 27 heavy (non-hydrogen) atoms. The topological polar surface area (TPSA) is 47.6 Å². The first kappa shape index (κ1) is 18.4. The van der Waals surface area contributed by atoms with Crippen LogP contribution in [0.25, 0.3) is 6.08 Å². The van der Waals surface area contributed by atoms with Gasteiger partial charge in [-0.25, -0.2) is 0 Å². The standard InChI is InChI=1S/C23H31NO3/c1-15(23-12-16-9-17(13-23)11-18(10-16)14-23)24-21(25)8-7-19-5-4-6-20(26-2)22(19)27-3/h4-8,15-18H,9-14H2,1-3H3,(H,24,25)/b8-7+/t15-,16?,17?,18?,23?/m1/s1. The lowest BCUT2D eigenvalue weighted by atomic mass is 9.48. The first-order valence-corrected chi connectivity index (χ1v) is 10.2. The molecule has 5 rings (SSSR count). The van der Waals surface area contributed by atoms with E-state index in [9.17, 15) is 4.79 Å². The number of rotatable bonds is 6. The van der Waals surface area contributed by atoms with Crippen molar-refractivity contribution >= 4 is 12.0 Å². The fraction of sp³-hybridized carbons (Fsp3) is 0.609. The van der Waals surface area contributed by atoms with Gasteiger partial charge in [0.2, 0.25) is 5.91 Å². The van der Waals surface area contributed by atoms with Crippen molar-refractivity contribution in [2.24, 2.45) is 23.2 Å². The van der Waals surface area contributed by atoms with E-state index < -0.39 is 0 Å².